The van der Waals surface area contributed by atoms with Crippen LogP contribution in [-0.2, 0) is 18.1 Å². The van der Waals surface area contributed by atoms with Crippen LogP contribution in [0.5, 0.6) is 0 Å². The van der Waals surface area contributed by atoms with E-state index in [9.17, 15) is 4.79 Å². The van der Waals surface area contributed by atoms with E-state index >= 15 is 0 Å². The second kappa shape index (κ2) is 7.19. The molecule has 1 aliphatic heterocycles. The van der Waals surface area contributed by atoms with Gasteiger partial charge in [0.25, 0.3) is 5.56 Å². The average molecular weight is 330 g/mol. The lowest BCUT2D eigenvalue weighted by Crippen LogP contribution is -2.22. The summed E-state index contributed by atoms with van der Waals surface area (Å²) < 4.78 is 0. The predicted octanol–water partition coefficient (Wildman–Crippen LogP) is 3.10. The maximum atomic E-state index is 12.0. The van der Waals surface area contributed by atoms with Crippen molar-refractivity contribution in [2.24, 2.45) is 0 Å². The number of fused-ring (bicyclic) bond motifs is 1. The number of nitrogens with one attached hydrogen (secondary N) is 2. The third-order valence-corrected chi connectivity index (χ3v) is 5.07. The Bertz CT molecular complexity index is 722. The number of nitrogens with zero attached hydrogens (tertiary/aromatic N) is 2. The van der Waals surface area contributed by atoms with Crippen LogP contribution in [0.4, 0.5) is 11.6 Å². The van der Waals surface area contributed by atoms with Crippen LogP contribution in [0.1, 0.15) is 30.7 Å². The molecule has 0 saturated heterocycles. The summed E-state index contributed by atoms with van der Waals surface area (Å²) in [6, 6.07) is 8.28. The topological polar surface area (TPSA) is 61.0 Å². The van der Waals surface area contributed by atoms with Crippen molar-refractivity contribution in [3.63, 3.8) is 0 Å². The molecule has 0 atom stereocenters. The molecular weight excluding hydrogens is 308 g/mol. The summed E-state index contributed by atoms with van der Waals surface area (Å²) in [5.41, 5.74) is 3.91. The van der Waals surface area contributed by atoms with Crippen molar-refractivity contribution in [3.05, 3.63) is 51.4 Å². The number of anilines is 2. The fraction of sp³-hybridized carbons (Fsp3) is 0.412. The first-order valence-electron chi connectivity index (χ1n) is 7.97. The number of thioether (sulfide) groups is 1. The Hall–Kier alpha value is -1.79. The third-order valence-electron chi connectivity index (χ3n) is 4.10. The van der Waals surface area contributed by atoms with Gasteiger partial charge in [-0.15, -0.1) is 0 Å². The number of rotatable bonds is 6. The summed E-state index contributed by atoms with van der Waals surface area (Å²) in [5, 5.41) is 3.19. The summed E-state index contributed by atoms with van der Waals surface area (Å²) >= 11 is 1.73. The third kappa shape index (κ3) is 3.76. The van der Waals surface area contributed by atoms with Crippen molar-refractivity contribution >= 4 is 23.4 Å². The van der Waals surface area contributed by atoms with Gasteiger partial charge in [0.1, 0.15) is 0 Å². The van der Waals surface area contributed by atoms with Gasteiger partial charge < -0.3 is 5.32 Å². The first-order valence-corrected chi connectivity index (χ1v) is 9.13. The number of benzene rings is 1. The van der Waals surface area contributed by atoms with Crippen LogP contribution < -0.4 is 10.9 Å². The maximum absolute atomic E-state index is 12.0. The molecule has 0 spiro atoms. The zero-order valence-corrected chi connectivity index (χ0v) is 14.4. The van der Waals surface area contributed by atoms with Gasteiger partial charge in [-0.2, -0.15) is 11.8 Å². The van der Waals surface area contributed by atoms with E-state index in [-0.39, 0.29) is 5.56 Å². The second-order valence-electron chi connectivity index (χ2n) is 5.62. The zero-order valence-electron chi connectivity index (χ0n) is 13.6. The Morgan fingerprint density at radius 2 is 1.96 bits per heavy atom. The molecule has 6 heteroatoms. The van der Waals surface area contributed by atoms with Gasteiger partial charge in [-0.05, 0) is 30.8 Å². The van der Waals surface area contributed by atoms with Gasteiger partial charge in [0.2, 0.25) is 5.95 Å². The maximum Gasteiger partial charge on any atom is 0.256 e. The highest BCUT2D eigenvalue weighted by Crippen LogP contribution is 2.26. The predicted molar refractivity (Wildman–Crippen MR) is 96.2 cm³/mol. The molecule has 1 aromatic carbocycles. The minimum Gasteiger partial charge on any atom is -0.326 e. The Morgan fingerprint density at radius 3 is 2.65 bits per heavy atom. The quantitative estimate of drug-likeness (QED) is 0.852. The normalized spacial score (nSPS) is 13.3. The molecule has 1 aromatic heterocycles. The number of hydrogen-bond acceptors (Lipinski definition) is 5. The molecule has 0 fully saturated rings. The molecule has 0 amide bonds. The monoisotopic (exact) mass is 330 g/mol. The molecule has 2 heterocycles. The lowest BCUT2D eigenvalue weighted by molar-refractivity contribution is 0.296. The lowest BCUT2D eigenvalue weighted by Gasteiger charge is -2.18. The Labute approximate surface area is 140 Å². The summed E-state index contributed by atoms with van der Waals surface area (Å²) in [5.74, 6) is 2.10. The number of H-pyrrole nitrogens is 1. The standard InChI is InChI=1S/C17H22N4OS/c1-3-21(4-2)9-12-5-7-13(8-6-12)18-17-19-15-11-23-10-14(15)16(22)20-17/h5-8H,3-4,9-11H2,1-2H3,(H2,18,19,20,22). The molecule has 0 radical (unpaired) electrons. The lowest BCUT2D eigenvalue weighted by atomic mass is 10.2. The number of aromatic amines is 1. The van der Waals surface area contributed by atoms with E-state index in [1.54, 1.807) is 11.8 Å². The van der Waals surface area contributed by atoms with Gasteiger partial charge in [-0.3, -0.25) is 14.7 Å². The fourth-order valence-electron chi connectivity index (χ4n) is 2.66. The van der Waals surface area contributed by atoms with Gasteiger partial charge in [0, 0.05) is 29.3 Å². The minimum atomic E-state index is -0.0272. The Balaban J connectivity index is 1.71. The van der Waals surface area contributed by atoms with E-state index in [1.165, 1.54) is 5.56 Å². The van der Waals surface area contributed by atoms with Crippen molar-refractivity contribution in [2.75, 3.05) is 18.4 Å². The van der Waals surface area contributed by atoms with Crippen LogP contribution in [0.25, 0.3) is 0 Å². The van der Waals surface area contributed by atoms with Gasteiger partial charge in [0.05, 0.1) is 5.69 Å². The molecule has 0 saturated carbocycles. The van der Waals surface area contributed by atoms with Gasteiger partial charge in [-0.1, -0.05) is 26.0 Å². The fourth-order valence-corrected chi connectivity index (χ4v) is 3.69. The van der Waals surface area contributed by atoms with Crippen molar-refractivity contribution in [2.45, 2.75) is 31.9 Å². The molecule has 23 heavy (non-hydrogen) atoms. The van der Waals surface area contributed by atoms with E-state index < -0.39 is 0 Å². The Morgan fingerprint density at radius 1 is 1.22 bits per heavy atom. The zero-order chi connectivity index (χ0) is 16.2. The smallest absolute Gasteiger partial charge is 0.256 e. The van der Waals surface area contributed by atoms with E-state index in [2.05, 4.69) is 46.2 Å². The largest absolute Gasteiger partial charge is 0.326 e. The van der Waals surface area contributed by atoms with E-state index in [1.807, 2.05) is 12.1 Å². The van der Waals surface area contributed by atoms with Crippen LogP contribution in [0.2, 0.25) is 0 Å². The molecular formula is C17H22N4OS. The van der Waals surface area contributed by atoms with Gasteiger partial charge in [0.15, 0.2) is 0 Å². The second-order valence-corrected chi connectivity index (χ2v) is 6.60. The van der Waals surface area contributed by atoms with Crippen molar-refractivity contribution in [1.29, 1.82) is 0 Å². The van der Waals surface area contributed by atoms with Gasteiger partial charge >= 0.3 is 0 Å². The number of aromatic nitrogens is 2. The minimum absolute atomic E-state index is 0.0272. The van der Waals surface area contributed by atoms with Crippen molar-refractivity contribution in [3.8, 4) is 0 Å². The van der Waals surface area contributed by atoms with E-state index in [0.717, 1.165) is 48.1 Å². The van der Waals surface area contributed by atoms with Crippen molar-refractivity contribution in [1.82, 2.24) is 14.9 Å². The molecule has 2 N–H and O–H groups in total. The van der Waals surface area contributed by atoms with Gasteiger partial charge in [-0.25, -0.2) is 4.98 Å². The summed E-state index contributed by atoms with van der Waals surface area (Å²) in [7, 11) is 0. The van der Waals surface area contributed by atoms with E-state index in [0.29, 0.717) is 5.95 Å². The van der Waals surface area contributed by atoms with Crippen LogP contribution in [0, 0.1) is 0 Å². The Kier molecular flexibility index (Phi) is 5.03. The first kappa shape index (κ1) is 16.1. The summed E-state index contributed by atoms with van der Waals surface area (Å²) in [6.45, 7) is 7.41. The molecule has 122 valence electrons. The molecule has 0 bridgehead atoms. The average Bonchev–Trinajstić information content (AvgIpc) is 3.03. The van der Waals surface area contributed by atoms with Crippen LogP contribution >= 0.6 is 11.8 Å². The highest BCUT2D eigenvalue weighted by Gasteiger charge is 2.17. The summed E-state index contributed by atoms with van der Waals surface area (Å²) in [4.78, 5) is 21.7. The molecule has 3 rings (SSSR count). The molecule has 1 aliphatic rings. The highest BCUT2D eigenvalue weighted by atomic mass is 32.2. The first-order chi connectivity index (χ1) is 11.2. The molecule has 5 nitrogen and oxygen atoms in total. The molecule has 0 aliphatic carbocycles. The van der Waals surface area contributed by atoms with Crippen LogP contribution in [0.15, 0.2) is 29.1 Å². The summed E-state index contributed by atoms with van der Waals surface area (Å²) in [6.07, 6.45) is 0. The highest BCUT2D eigenvalue weighted by molar-refractivity contribution is 7.98. The van der Waals surface area contributed by atoms with Crippen LogP contribution in [0.3, 0.4) is 0 Å². The van der Waals surface area contributed by atoms with E-state index in [4.69, 9.17) is 0 Å². The van der Waals surface area contributed by atoms with Crippen LogP contribution in [-0.4, -0.2) is 28.0 Å². The SMILES string of the molecule is CCN(CC)Cc1ccc(Nc2nc3c(c(=O)[nH]2)CSC3)cc1. The number of hydrogen-bond donors (Lipinski definition) is 2. The molecule has 2 aromatic rings. The van der Waals surface area contributed by atoms with Crippen molar-refractivity contribution < 1.29 is 0 Å². The molecule has 0 unspecified atom stereocenters.